The fourth-order valence-corrected chi connectivity index (χ4v) is 8.44. The molecular weight excluding hydrogens is 713 g/mol. The summed E-state index contributed by atoms with van der Waals surface area (Å²) in [5.74, 6) is -0.338. The maximum absolute atomic E-state index is 13.8. The van der Waals surface area contributed by atoms with Crippen LogP contribution in [0.5, 0.6) is 0 Å². The van der Waals surface area contributed by atoms with Gasteiger partial charge in [-0.1, -0.05) is 60.7 Å². The number of likely N-dealkylation sites (tertiary alicyclic amines) is 2. The van der Waals surface area contributed by atoms with Gasteiger partial charge in [-0.25, -0.2) is 9.78 Å². The number of methoxy groups -OCH3 is 1. The third kappa shape index (κ3) is 8.53. The van der Waals surface area contributed by atoms with E-state index >= 15 is 0 Å². The van der Waals surface area contributed by atoms with Crippen LogP contribution in [0.2, 0.25) is 0 Å². The van der Waals surface area contributed by atoms with Crippen LogP contribution in [0, 0.1) is 0 Å². The summed E-state index contributed by atoms with van der Waals surface area (Å²) >= 11 is 0. The van der Waals surface area contributed by atoms with Gasteiger partial charge in [0, 0.05) is 49.1 Å². The molecule has 3 fully saturated rings. The molecule has 2 saturated heterocycles. The Morgan fingerprint density at radius 1 is 0.768 bits per heavy atom. The van der Waals surface area contributed by atoms with Crippen LogP contribution in [0.3, 0.4) is 0 Å². The summed E-state index contributed by atoms with van der Waals surface area (Å²) in [6.45, 7) is 3.12. The highest BCUT2D eigenvalue weighted by Gasteiger charge is 2.39. The maximum Gasteiger partial charge on any atom is 0.407 e. The fraction of sp³-hybridized carbons (Fsp3) is 0.452. The maximum atomic E-state index is 13.8. The van der Waals surface area contributed by atoms with E-state index in [2.05, 4.69) is 30.9 Å². The van der Waals surface area contributed by atoms with Gasteiger partial charge in [0.15, 0.2) is 0 Å². The Morgan fingerprint density at radius 2 is 1.36 bits per heavy atom. The fourth-order valence-electron chi connectivity index (χ4n) is 8.44. The van der Waals surface area contributed by atoms with Gasteiger partial charge in [0.1, 0.15) is 17.6 Å². The molecule has 4 N–H and O–H groups in total. The number of carbonyl (C=O) groups is 5. The number of aliphatic imine (C=N–C) groups is 1. The van der Waals surface area contributed by atoms with Crippen molar-refractivity contribution in [2.75, 3.05) is 20.2 Å². The third-order valence-electron chi connectivity index (χ3n) is 11.6. The molecule has 14 nitrogen and oxygen atoms in total. The van der Waals surface area contributed by atoms with Crippen molar-refractivity contribution in [2.45, 2.75) is 101 Å². The van der Waals surface area contributed by atoms with Gasteiger partial charge in [0.25, 0.3) is 11.8 Å². The van der Waals surface area contributed by atoms with E-state index in [9.17, 15) is 24.0 Å². The Balaban J connectivity index is 0.872. The molecule has 4 heterocycles. The lowest BCUT2D eigenvalue weighted by molar-refractivity contribution is -0.134. The number of H-pyrrole nitrogens is 1. The Hall–Kier alpha value is -5.79. The quantitative estimate of drug-likeness (QED) is 0.216. The summed E-state index contributed by atoms with van der Waals surface area (Å²) in [6.07, 6.45) is 8.88. The second-order valence-electron chi connectivity index (χ2n) is 15.1. The molecule has 0 spiro atoms. The van der Waals surface area contributed by atoms with Crippen molar-refractivity contribution in [1.29, 1.82) is 0 Å². The number of aromatic amines is 1. The lowest BCUT2D eigenvalue weighted by Gasteiger charge is -2.30. The van der Waals surface area contributed by atoms with Crippen molar-refractivity contribution in [2.24, 2.45) is 4.99 Å². The number of rotatable bonds is 11. The highest BCUT2D eigenvalue weighted by Crippen LogP contribution is 2.33. The van der Waals surface area contributed by atoms with Crippen LogP contribution in [0.4, 0.5) is 4.79 Å². The van der Waals surface area contributed by atoms with Crippen LogP contribution < -0.4 is 16.0 Å². The van der Waals surface area contributed by atoms with Crippen LogP contribution in [-0.4, -0.2) is 93.5 Å². The summed E-state index contributed by atoms with van der Waals surface area (Å²) < 4.78 is 4.79. The molecule has 3 aliphatic heterocycles. The average Bonchev–Trinajstić information content (AvgIpc) is 4.07. The Kier molecular flexibility index (Phi) is 11.9. The van der Waals surface area contributed by atoms with Crippen LogP contribution in [0.25, 0.3) is 0 Å². The van der Waals surface area contributed by atoms with E-state index in [0.29, 0.717) is 61.4 Å². The van der Waals surface area contributed by atoms with Gasteiger partial charge in [0.05, 0.1) is 31.3 Å². The first kappa shape index (κ1) is 38.5. The molecule has 2 aromatic carbocycles. The highest BCUT2D eigenvalue weighted by atomic mass is 16.5. The molecule has 3 aromatic rings. The number of aromatic nitrogens is 2. The van der Waals surface area contributed by atoms with Gasteiger partial charge in [-0.15, -0.1) is 0 Å². The van der Waals surface area contributed by atoms with Crippen LogP contribution in [0.15, 0.2) is 83.6 Å². The van der Waals surface area contributed by atoms with Crippen molar-refractivity contribution < 1.29 is 28.7 Å². The molecule has 56 heavy (non-hydrogen) atoms. The number of nitrogens with zero attached hydrogens (tertiary/aromatic N) is 4. The molecule has 1 aliphatic carbocycles. The second-order valence-corrected chi connectivity index (χ2v) is 15.1. The van der Waals surface area contributed by atoms with E-state index in [0.717, 1.165) is 43.4 Å². The first-order valence-electron chi connectivity index (χ1n) is 19.7. The van der Waals surface area contributed by atoms with E-state index in [1.165, 1.54) is 13.3 Å². The highest BCUT2D eigenvalue weighted by molar-refractivity contribution is 6.06. The molecule has 7 rings (SSSR count). The molecule has 14 heteroatoms. The Morgan fingerprint density at radius 3 is 2.00 bits per heavy atom. The number of ether oxygens (including phenoxy) is 1. The molecule has 0 unspecified atom stereocenters. The van der Waals surface area contributed by atoms with Crippen molar-refractivity contribution in [3.05, 3.63) is 101 Å². The molecule has 294 valence electrons. The number of benzene rings is 2. The minimum atomic E-state index is -0.934. The first-order valence-corrected chi connectivity index (χ1v) is 19.7. The zero-order chi connectivity index (χ0) is 39.2. The van der Waals surface area contributed by atoms with E-state index in [1.54, 1.807) is 35.4 Å². The molecule has 4 atom stereocenters. The van der Waals surface area contributed by atoms with Gasteiger partial charge in [-0.3, -0.25) is 24.2 Å². The SMILES string of the molecule is COC(=O)N[C@@H](C(=O)N1CCC[C@H]1c1ncc(C(=O)NC2CCC(NC(=O)C3=CN=C([C@@H]4CCCN4C(=O)[C@H](C)c4ccccc4)C3)CC2)[nH]1)c1ccccc1. The Bertz CT molecular complexity index is 1970. The van der Waals surface area contributed by atoms with Gasteiger partial charge < -0.3 is 35.5 Å². The van der Waals surface area contributed by atoms with Gasteiger partial charge in [-0.2, -0.15) is 0 Å². The smallest absolute Gasteiger partial charge is 0.407 e. The summed E-state index contributed by atoms with van der Waals surface area (Å²) in [5.41, 5.74) is 3.41. The van der Waals surface area contributed by atoms with Crippen LogP contribution >= 0.6 is 0 Å². The zero-order valence-corrected chi connectivity index (χ0v) is 31.9. The summed E-state index contributed by atoms with van der Waals surface area (Å²) in [5, 5.41) is 8.95. The van der Waals surface area contributed by atoms with Crippen LogP contribution in [-0.2, 0) is 19.1 Å². The minimum absolute atomic E-state index is 0.0186. The van der Waals surface area contributed by atoms with E-state index < -0.39 is 12.1 Å². The van der Waals surface area contributed by atoms with E-state index in [4.69, 9.17) is 4.74 Å². The molecule has 1 aromatic heterocycles. The molecule has 4 aliphatic rings. The van der Waals surface area contributed by atoms with Crippen molar-refractivity contribution >= 4 is 35.4 Å². The number of nitrogens with one attached hydrogen (secondary N) is 4. The number of hydrogen-bond acceptors (Lipinski definition) is 8. The first-order chi connectivity index (χ1) is 27.2. The third-order valence-corrected chi connectivity index (χ3v) is 11.6. The second kappa shape index (κ2) is 17.3. The summed E-state index contributed by atoms with van der Waals surface area (Å²) in [4.78, 5) is 81.9. The van der Waals surface area contributed by atoms with E-state index in [1.807, 2.05) is 48.2 Å². The summed E-state index contributed by atoms with van der Waals surface area (Å²) in [6, 6.07) is 17.3. The topological polar surface area (TPSA) is 178 Å². The zero-order valence-electron chi connectivity index (χ0n) is 31.9. The monoisotopic (exact) mass is 762 g/mol. The molecule has 5 amide bonds. The van der Waals surface area contributed by atoms with Gasteiger partial charge in [-0.05, 0) is 69.4 Å². The van der Waals surface area contributed by atoms with Gasteiger partial charge in [0.2, 0.25) is 11.8 Å². The van der Waals surface area contributed by atoms with Crippen molar-refractivity contribution in [3.63, 3.8) is 0 Å². The standard InChI is InChI=1S/C42H50N8O6/c1-26(27-11-5-3-6-12-27)40(53)49-21-9-15-34(49)32-23-29(24-43-32)38(51)45-30-17-19-31(20-18-30)46-39(52)33-25-44-37(47-33)35-16-10-22-50(35)41(54)36(48-42(55)56-2)28-13-7-4-8-14-28/h3-8,11-14,24-26,30-31,34-36H,9-10,15-23H2,1-2H3,(H,44,47)(H,45,51)(H,46,52)(H,48,55)/t26-,30?,31?,34+,35+,36-/m1/s1. The average molecular weight is 763 g/mol. The largest absolute Gasteiger partial charge is 0.453 e. The van der Waals surface area contributed by atoms with E-state index in [-0.39, 0.29) is 53.7 Å². The number of carbonyl (C=O) groups excluding carboxylic acids is 5. The molecule has 1 saturated carbocycles. The Labute approximate surface area is 326 Å². The van der Waals surface area contributed by atoms with Crippen molar-refractivity contribution in [3.8, 4) is 0 Å². The molecule has 0 radical (unpaired) electrons. The van der Waals surface area contributed by atoms with Crippen molar-refractivity contribution in [1.82, 2.24) is 35.7 Å². The predicted molar refractivity (Wildman–Crippen MR) is 208 cm³/mol. The summed E-state index contributed by atoms with van der Waals surface area (Å²) in [7, 11) is 1.25. The van der Waals surface area contributed by atoms with Crippen LogP contribution in [0.1, 0.15) is 110 Å². The predicted octanol–water partition coefficient (Wildman–Crippen LogP) is 4.85. The number of amides is 5. The number of hydrogen-bond donors (Lipinski definition) is 4. The lowest BCUT2D eigenvalue weighted by atomic mass is 9.90. The number of imidazole rings is 1. The number of alkyl carbamates (subject to hydrolysis) is 1. The molecule has 0 bridgehead atoms. The van der Waals surface area contributed by atoms with Gasteiger partial charge >= 0.3 is 6.09 Å². The molecular formula is C42H50N8O6. The minimum Gasteiger partial charge on any atom is -0.453 e. The normalized spacial score (nSPS) is 23.1. The lowest BCUT2D eigenvalue weighted by Crippen LogP contribution is -2.44.